The molecule has 3 rings (SSSR count). The van der Waals surface area contributed by atoms with E-state index in [1.54, 1.807) is 5.12 Å². The lowest BCUT2D eigenvalue weighted by Crippen LogP contribution is -2.53. The van der Waals surface area contributed by atoms with E-state index < -0.39 is 11.5 Å². The summed E-state index contributed by atoms with van der Waals surface area (Å²) < 4.78 is 5.87. The van der Waals surface area contributed by atoms with E-state index in [2.05, 4.69) is 20.8 Å². The molecule has 29 heavy (non-hydrogen) atoms. The van der Waals surface area contributed by atoms with Crippen molar-refractivity contribution in [1.82, 2.24) is 15.9 Å². The Bertz CT molecular complexity index is 871. The van der Waals surface area contributed by atoms with E-state index in [-0.39, 0.29) is 12.5 Å². The van der Waals surface area contributed by atoms with Crippen LogP contribution in [0.25, 0.3) is 0 Å². The van der Waals surface area contributed by atoms with Gasteiger partial charge in [-0.05, 0) is 16.2 Å². The van der Waals surface area contributed by atoms with Crippen LogP contribution in [0.1, 0.15) is 31.9 Å². The zero-order chi connectivity index (χ0) is 20.7. The maximum absolute atomic E-state index is 12.5. The Hall–Kier alpha value is -3.15. The Morgan fingerprint density at radius 2 is 1.72 bits per heavy atom. The Balaban J connectivity index is 1.61. The fourth-order valence-corrected chi connectivity index (χ4v) is 2.69. The molecule has 0 radical (unpaired) electrons. The van der Waals surface area contributed by atoms with Gasteiger partial charge in [0.25, 0.3) is 0 Å². The van der Waals surface area contributed by atoms with Crippen LogP contribution >= 0.6 is 0 Å². The van der Waals surface area contributed by atoms with E-state index >= 15 is 0 Å². The second-order valence-electron chi connectivity index (χ2n) is 8.01. The van der Waals surface area contributed by atoms with E-state index in [0.717, 1.165) is 11.1 Å². The number of carbonyl (C=O) groups excluding carboxylic acids is 1. The molecule has 0 unspecified atom stereocenters. The number of hydrazine groups is 1. The average molecular weight is 394 g/mol. The first-order valence-corrected chi connectivity index (χ1v) is 9.71. The topological polar surface area (TPSA) is 80.1 Å². The molecule has 1 atom stereocenters. The molecule has 0 aliphatic carbocycles. The average Bonchev–Trinajstić information content (AvgIpc) is 3.16. The molecule has 2 N–H and O–H groups in total. The Morgan fingerprint density at radius 1 is 1.10 bits per heavy atom. The number of nitrogens with zero attached hydrogens (tertiary/aromatic N) is 3. The normalized spacial score (nSPS) is 14.3. The maximum atomic E-state index is 12.5. The predicted molar refractivity (Wildman–Crippen MR) is 110 cm³/mol. The largest absolute Gasteiger partial charge is 0.374 e. The highest BCUT2D eigenvalue weighted by atomic mass is 16.5. The lowest BCUT2D eigenvalue weighted by atomic mass is 9.95. The quantitative estimate of drug-likeness (QED) is 0.675. The molecule has 1 aliphatic heterocycles. The minimum atomic E-state index is -0.516. The molecular weight excluding hydrogens is 366 g/mol. The molecule has 7 heteroatoms. The third kappa shape index (κ3) is 6.17. The second kappa shape index (κ2) is 9.37. The van der Waals surface area contributed by atoms with Crippen molar-refractivity contribution in [1.29, 1.82) is 0 Å². The van der Waals surface area contributed by atoms with Gasteiger partial charge in [0.05, 0.1) is 13.2 Å². The van der Waals surface area contributed by atoms with E-state index in [9.17, 15) is 4.79 Å². The Morgan fingerprint density at radius 3 is 2.34 bits per heavy atom. The number of amides is 1. The van der Waals surface area contributed by atoms with Crippen molar-refractivity contribution in [3.63, 3.8) is 0 Å². The van der Waals surface area contributed by atoms with Crippen LogP contribution in [0.15, 0.2) is 65.9 Å². The summed E-state index contributed by atoms with van der Waals surface area (Å²) in [6, 6.07) is 19.5. The minimum Gasteiger partial charge on any atom is -0.374 e. The van der Waals surface area contributed by atoms with Gasteiger partial charge in [-0.3, -0.25) is 4.79 Å². The highest BCUT2D eigenvalue weighted by Crippen LogP contribution is 2.13. The van der Waals surface area contributed by atoms with Gasteiger partial charge in [0, 0.05) is 5.41 Å². The number of rotatable bonds is 8. The molecule has 2 aromatic rings. The number of carbonyl (C=O) groups is 1. The number of hydrogen-bond acceptors (Lipinski definition) is 5. The van der Waals surface area contributed by atoms with Crippen molar-refractivity contribution in [2.24, 2.45) is 10.6 Å². The summed E-state index contributed by atoms with van der Waals surface area (Å²) in [5.74, 6) is 0.489. The number of hydrogen-bond donors (Lipinski definition) is 2. The molecule has 7 nitrogen and oxygen atoms in total. The summed E-state index contributed by atoms with van der Waals surface area (Å²) in [5.41, 5.74) is 4.83. The first kappa shape index (κ1) is 20.6. The molecule has 0 saturated carbocycles. The van der Waals surface area contributed by atoms with Crippen molar-refractivity contribution >= 4 is 11.7 Å². The summed E-state index contributed by atoms with van der Waals surface area (Å²) in [4.78, 5) is 16.8. The molecular formula is C22H28N5O2+. The van der Waals surface area contributed by atoms with E-state index in [4.69, 9.17) is 4.74 Å². The first-order valence-electron chi connectivity index (χ1n) is 9.71. The zero-order valence-corrected chi connectivity index (χ0v) is 17.1. The third-order valence-corrected chi connectivity index (χ3v) is 4.39. The highest BCUT2D eigenvalue weighted by Gasteiger charge is 2.34. The van der Waals surface area contributed by atoms with Crippen LogP contribution in [-0.4, -0.2) is 34.3 Å². The smallest absolute Gasteiger partial charge is 0.373 e. The Labute approximate surface area is 171 Å². The molecule has 0 aromatic heterocycles. The fraction of sp³-hybridized carbons (Fsp3) is 0.364. The standard InChI is InChI=1S/C22H27N5O2/c1-22(2,3)21(28)23-19(16-29-15-18-12-8-5-9-13-18)20-24-26-27(25-20)14-17-10-6-4-7-11-17/h4-13,19H,14-16H2,1-3H3,(H,23,28)/p+1/t19-/m1/s1. The monoisotopic (exact) mass is 394 g/mol. The molecule has 1 heterocycles. The molecule has 152 valence electrons. The van der Waals surface area contributed by atoms with Crippen molar-refractivity contribution < 1.29 is 14.3 Å². The van der Waals surface area contributed by atoms with Gasteiger partial charge in [-0.2, -0.15) is 0 Å². The number of ether oxygens (including phenoxy) is 1. The molecule has 2 aromatic carbocycles. The fourth-order valence-electron chi connectivity index (χ4n) is 2.69. The minimum absolute atomic E-state index is 0.0724. The van der Waals surface area contributed by atoms with Gasteiger partial charge in [-0.1, -0.05) is 81.4 Å². The summed E-state index contributed by atoms with van der Waals surface area (Å²) in [5, 5.41) is 8.85. The van der Waals surface area contributed by atoms with Crippen molar-refractivity contribution in [3.05, 3.63) is 71.8 Å². The lowest BCUT2D eigenvalue weighted by molar-refractivity contribution is -0.131. The van der Waals surface area contributed by atoms with E-state index in [1.165, 1.54) is 0 Å². The van der Waals surface area contributed by atoms with Crippen LogP contribution in [-0.2, 0) is 22.7 Å². The molecule has 0 bridgehead atoms. The Kier molecular flexibility index (Phi) is 6.65. The SMILES string of the molecule is CC(C)(C)C(=O)N[C@H](COCc1ccccc1)C1=[N+]=NN(Cc2ccccc2)N1. The van der Waals surface area contributed by atoms with E-state index in [0.29, 0.717) is 19.0 Å². The van der Waals surface area contributed by atoms with Crippen LogP contribution < -0.4 is 10.7 Å². The number of nitrogens with one attached hydrogen (secondary N) is 2. The van der Waals surface area contributed by atoms with Gasteiger partial charge in [0.2, 0.25) is 5.91 Å². The van der Waals surface area contributed by atoms with Crippen LogP contribution in [0.2, 0.25) is 0 Å². The van der Waals surface area contributed by atoms with Crippen LogP contribution in [0.4, 0.5) is 0 Å². The lowest BCUT2D eigenvalue weighted by Gasteiger charge is -2.22. The maximum Gasteiger partial charge on any atom is 0.373 e. The predicted octanol–water partition coefficient (Wildman–Crippen LogP) is 2.73. The summed E-state index contributed by atoms with van der Waals surface area (Å²) in [7, 11) is 0. The van der Waals surface area contributed by atoms with Gasteiger partial charge in [-0.15, -0.1) is 10.2 Å². The van der Waals surface area contributed by atoms with Gasteiger partial charge < -0.3 is 10.1 Å². The molecule has 1 aliphatic rings. The molecule has 1 amide bonds. The molecule has 0 spiro atoms. The zero-order valence-electron chi connectivity index (χ0n) is 17.1. The van der Waals surface area contributed by atoms with Gasteiger partial charge in [0.1, 0.15) is 6.54 Å². The third-order valence-electron chi connectivity index (χ3n) is 4.39. The molecule has 0 fully saturated rings. The van der Waals surface area contributed by atoms with Crippen molar-refractivity contribution in [2.75, 3.05) is 6.61 Å². The van der Waals surface area contributed by atoms with Crippen LogP contribution in [0.3, 0.4) is 0 Å². The first-order chi connectivity index (χ1) is 13.9. The van der Waals surface area contributed by atoms with E-state index in [1.807, 2.05) is 81.4 Å². The number of amidine groups is 1. The molecule has 0 saturated heterocycles. The summed E-state index contributed by atoms with van der Waals surface area (Å²) in [6.07, 6.45) is 0. The van der Waals surface area contributed by atoms with Gasteiger partial charge in [-0.25, -0.2) is 0 Å². The van der Waals surface area contributed by atoms with Crippen molar-refractivity contribution in [2.45, 2.75) is 40.0 Å². The van der Waals surface area contributed by atoms with Gasteiger partial charge >= 0.3 is 5.84 Å². The second-order valence-corrected chi connectivity index (χ2v) is 8.01. The van der Waals surface area contributed by atoms with Gasteiger partial charge in [0.15, 0.2) is 11.3 Å². The van der Waals surface area contributed by atoms with Crippen LogP contribution in [0.5, 0.6) is 0 Å². The highest BCUT2D eigenvalue weighted by molar-refractivity contribution is 5.89. The van der Waals surface area contributed by atoms with Crippen LogP contribution in [0, 0.1) is 5.41 Å². The summed E-state index contributed by atoms with van der Waals surface area (Å²) >= 11 is 0. The van der Waals surface area contributed by atoms with Crippen molar-refractivity contribution in [3.8, 4) is 0 Å². The number of benzene rings is 2. The summed E-state index contributed by atoms with van der Waals surface area (Å²) in [6.45, 7) is 6.94.